The van der Waals surface area contributed by atoms with Gasteiger partial charge in [0.2, 0.25) is 0 Å². The van der Waals surface area contributed by atoms with Gasteiger partial charge in [-0.25, -0.2) is 8.42 Å². The Bertz CT molecular complexity index is 571. The van der Waals surface area contributed by atoms with Crippen LogP contribution in [0.3, 0.4) is 0 Å². The SMILES string of the molecule is COc1cc(C(C)N2CCCS(=O)(=O)CC2)ccc1O. The van der Waals surface area contributed by atoms with Gasteiger partial charge in [0.05, 0.1) is 18.6 Å². The van der Waals surface area contributed by atoms with Gasteiger partial charge in [-0.15, -0.1) is 0 Å². The van der Waals surface area contributed by atoms with Gasteiger partial charge in [0.1, 0.15) is 0 Å². The van der Waals surface area contributed by atoms with E-state index >= 15 is 0 Å². The number of phenols is 1. The van der Waals surface area contributed by atoms with Gasteiger partial charge in [-0.1, -0.05) is 6.07 Å². The third-order valence-corrected chi connectivity index (χ3v) is 5.54. The van der Waals surface area contributed by atoms with Crippen LogP contribution in [-0.4, -0.2) is 50.1 Å². The van der Waals surface area contributed by atoms with Gasteiger partial charge in [0, 0.05) is 12.6 Å². The summed E-state index contributed by atoms with van der Waals surface area (Å²) in [5.41, 5.74) is 1.01. The molecule has 1 aromatic rings. The number of hydrogen-bond donors (Lipinski definition) is 1. The normalized spacial score (nSPS) is 21.1. The minimum atomic E-state index is -2.89. The van der Waals surface area contributed by atoms with Crippen LogP contribution in [0.4, 0.5) is 0 Å². The third-order valence-electron chi connectivity index (χ3n) is 3.82. The molecule has 0 saturated carbocycles. The Labute approximate surface area is 120 Å². The van der Waals surface area contributed by atoms with Crippen LogP contribution in [-0.2, 0) is 9.84 Å². The number of rotatable bonds is 3. The van der Waals surface area contributed by atoms with Crippen molar-refractivity contribution in [2.75, 3.05) is 31.7 Å². The lowest BCUT2D eigenvalue weighted by molar-refractivity contribution is 0.227. The Morgan fingerprint density at radius 1 is 1.30 bits per heavy atom. The smallest absolute Gasteiger partial charge is 0.160 e. The zero-order valence-electron chi connectivity index (χ0n) is 11.9. The number of aromatic hydroxyl groups is 1. The summed E-state index contributed by atoms with van der Waals surface area (Å²) in [5.74, 6) is 1.04. The fraction of sp³-hybridized carbons (Fsp3) is 0.571. The van der Waals surface area contributed by atoms with E-state index in [0.29, 0.717) is 18.7 Å². The maximum atomic E-state index is 11.6. The van der Waals surface area contributed by atoms with Crippen molar-refractivity contribution in [1.29, 1.82) is 0 Å². The van der Waals surface area contributed by atoms with Crippen molar-refractivity contribution in [3.63, 3.8) is 0 Å². The lowest BCUT2D eigenvalue weighted by atomic mass is 10.1. The number of phenolic OH excluding ortho intramolecular Hbond substituents is 1. The van der Waals surface area contributed by atoms with Crippen LogP contribution in [0.15, 0.2) is 18.2 Å². The predicted octanol–water partition coefficient (Wildman–Crippen LogP) is 1.58. The molecular weight excluding hydrogens is 278 g/mol. The third kappa shape index (κ3) is 3.43. The molecule has 1 aliphatic rings. The molecule has 0 radical (unpaired) electrons. The van der Waals surface area contributed by atoms with Crippen LogP contribution in [0.25, 0.3) is 0 Å². The zero-order valence-corrected chi connectivity index (χ0v) is 12.7. The summed E-state index contributed by atoms with van der Waals surface area (Å²) in [6, 6.07) is 5.36. The summed E-state index contributed by atoms with van der Waals surface area (Å²) in [5, 5.41) is 9.62. The van der Waals surface area contributed by atoms with E-state index in [1.807, 2.05) is 13.0 Å². The minimum Gasteiger partial charge on any atom is -0.504 e. The lowest BCUT2D eigenvalue weighted by Crippen LogP contribution is -2.30. The zero-order chi connectivity index (χ0) is 14.8. The molecule has 20 heavy (non-hydrogen) atoms. The fourth-order valence-electron chi connectivity index (χ4n) is 2.51. The monoisotopic (exact) mass is 299 g/mol. The van der Waals surface area contributed by atoms with E-state index in [-0.39, 0.29) is 23.3 Å². The molecule has 112 valence electrons. The van der Waals surface area contributed by atoms with E-state index in [1.165, 1.54) is 7.11 Å². The second-order valence-corrected chi connectivity index (χ2v) is 7.45. The van der Waals surface area contributed by atoms with Crippen molar-refractivity contribution < 1.29 is 18.3 Å². The van der Waals surface area contributed by atoms with E-state index < -0.39 is 9.84 Å². The molecule has 1 aliphatic heterocycles. The number of hydrogen-bond acceptors (Lipinski definition) is 5. The van der Waals surface area contributed by atoms with Crippen molar-refractivity contribution >= 4 is 9.84 Å². The van der Waals surface area contributed by atoms with E-state index in [4.69, 9.17) is 4.74 Å². The average molecular weight is 299 g/mol. The quantitative estimate of drug-likeness (QED) is 0.918. The Morgan fingerprint density at radius 2 is 2.05 bits per heavy atom. The number of nitrogens with zero attached hydrogens (tertiary/aromatic N) is 1. The molecule has 0 aromatic heterocycles. The van der Waals surface area contributed by atoms with Crippen LogP contribution in [0.5, 0.6) is 11.5 Å². The van der Waals surface area contributed by atoms with Crippen molar-refractivity contribution in [3.05, 3.63) is 23.8 Å². The highest BCUT2D eigenvalue weighted by atomic mass is 32.2. The highest BCUT2D eigenvalue weighted by Crippen LogP contribution is 2.31. The first-order chi connectivity index (χ1) is 9.43. The van der Waals surface area contributed by atoms with E-state index in [9.17, 15) is 13.5 Å². The summed E-state index contributed by atoms with van der Waals surface area (Å²) < 4.78 is 28.4. The molecule has 2 rings (SSSR count). The number of methoxy groups -OCH3 is 1. The summed E-state index contributed by atoms with van der Waals surface area (Å²) >= 11 is 0. The van der Waals surface area contributed by atoms with Crippen LogP contribution in [0, 0.1) is 0 Å². The summed E-state index contributed by atoms with van der Waals surface area (Å²) in [6.45, 7) is 3.36. The van der Waals surface area contributed by atoms with E-state index in [1.54, 1.807) is 12.1 Å². The highest BCUT2D eigenvalue weighted by molar-refractivity contribution is 7.91. The molecule has 0 spiro atoms. The maximum Gasteiger partial charge on any atom is 0.160 e. The van der Waals surface area contributed by atoms with Crippen LogP contribution in [0.1, 0.15) is 24.9 Å². The van der Waals surface area contributed by atoms with Gasteiger partial charge in [-0.3, -0.25) is 4.90 Å². The van der Waals surface area contributed by atoms with Crippen molar-refractivity contribution in [2.45, 2.75) is 19.4 Å². The molecule has 1 aromatic carbocycles. The van der Waals surface area contributed by atoms with Gasteiger partial charge in [0.15, 0.2) is 21.3 Å². The first-order valence-corrected chi connectivity index (χ1v) is 8.56. The summed E-state index contributed by atoms with van der Waals surface area (Å²) in [7, 11) is -1.38. The Balaban J connectivity index is 2.16. The Morgan fingerprint density at radius 3 is 2.75 bits per heavy atom. The number of sulfone groups is 1. The average Bonchev–Trinajstić information content (AvgIpc) is 2.59. The topological polar surface area (TPSA) is 66.8 Å². The minimum absolute atomic E-state index is 0.0952. The fourth-order valence-corrected chi connectivity index (χ4v) is 3.80. The molecule has 1 N–H and O–H groups in total. The van der Waals surface area contributed by atoms with Gasteiger partial charge in [0.25, 0.3) is 0 Å². The lowest BCUT2D eigenvalue weighted by Gasteiger charge is -2.27. The molecule has 1 fully saturated rings. The van der Waals surface area contributed by atoms with Crippen molar-refractivity contribution in [1.82, 2.24) is 4.90 Å². The molecule has 1 saturated heterocycles. The molecule has 6 heteroatoms. The van der Waals surface area contributed by atoms with E-state index in [2.05, 4.69) is 4.90 Å². The largest absolute Gasteiger partial charge is 0.504 e. The van der Waals surface area contributed by atoms with Crippen molar-refractivity contribution in [3.8, 4) is 11.5 Å². The van der Waals surface area contributed by atoms with Crippen LogP contribution in [0.2, 0.25) is 0 Å². The predicted molar refractivity (Wildman–Crippen MR) is 77.9 cm³/mol. The van der Waals surface area contributed by atoms with E-state index in [0.717, 1.165) is 12.1 Å². The Kier molecular flexibility index (Phi) is 4.55. The molecule has 0 aliphatic carbocycles. The Hall–Kier alpha value is -1.27. The summed E-state index contributed by atoms with van der Waals surface area (Å²) in [6.07, 6.45) is 0.669. The molecule has 0 amide bonds. The number of ether oxygens (including phenoxy) is 1. The molecule has 1 heterocycles. The maximum absolute atomic E-state index is 11.6. The summed E-state index contributed by atoms with van der Waals surface area (Å²) in [4.78, 5) is 2.16. The van der Waals surface area contributed by atoms with Gasteiger partial charge >= 0.3 is 0 Å². The second kappa shape index (κ2) is 6.01. The van der Waals surface area contributed by atoms with Gasteiger partial charge in [-0.2, -0.15) is 0 Å². The number of benzene rings is 1. The van der Waals surface area contributed by atoms with Crippen LogP contribution < -0.4 is 4.74 Å². The van der Waals surface area contributed by atoms with Gasteiger partial charge < -0.3 is 9.84 Å². The standard InChI is InChI=1S/C14H21NO4S/c1-11(12-4-5-13(16)14(10-12)19-2)15-6-3-8-20(17,18)9-7-15/h4-5,10-11,16H,3,6-9H2,1-2H3. The van der Waals surface area contributed by atoms with Crippen molar-refractivity contribution in [2.24, 2.45) is 0 Å². The molecule has 1 unspecified atom stereocenters. The van der Waals surface area contributed by atoms with Gasteiger partial charge in [-0.05, 0) is 37.6 Å². The highest BCUT2D eigenvalue weighted by Gasteiger charge is 2.23. The first kappa shape index (κ1) is 15.1. The molecule has 1 atom stereocenters. The van der Waals surface area contributed by atoms with Crippen LogP contribution >= 0.6 is 0 Å². The molecule has 0 bridgehead atoms. The molecular formula is C14H21NO4S. The molecule has 5 nitrogen and oxygen atoms in total. The second-order valence-electron chi connectivity index (χ2n) is 5.15. The first-order valence-electron chi connectivity index (χ1n) is 6.74.